The number of imidazole rings is 1. The highest BCUT2D eigenvalue weighted by Crippen LogP contribution is 2.31. The molecule has 180 valence electrons. The number of anilines is 1. The van der Waals surface area contributed by atoms with E-state index in [-0.39, 0.29) is 0 Å². The van der Waals surface area contributed by atoms with Gasteiger partial charge in [-0.3, -0.25) is 9.47 Å². The number of fused-ring (bicyclic) bond motifs is 1. The number of allylic oxidation sites excluding steroid dienone is 2. The predicted octanol–water partition coefficient (Wildman–Crippen LogP) is 4.67. The van der Waals surface area contributed by atoms with Gasteiger partial charge in [0.15, 0.2) is 11.5 Å². The maximum Gasteiger partial charge on any atom is 0.165 e. The number of nitrogens with two attached hydrogens (primary N) is 1. The summed E-state index contributed by atoms with van der Waals surface area (Å²) < 4.78 is 2.11. The first-order chi connectivity index (χ1) is 17.2. The van der Waals surface area contributed by atoms with Crippen LogP contribution in [0, 0.1) is 0 Å². The molecule has 1 fully saturated rings. The van der Waals surface area contributed by atoms with Crippen molar-refractivity contribution in [3.8, 4) is 17.1 Å². The van der Waals surface area contributed by atoms with Crippen LogP contribution in [0.2, 0.25) is 0 Å². The van der Waals surface area contributed by atoms with Crippen LogP contribution in [0.3, 0.4) is 0 Å². The molecule has 35 heavy (non-hydrogen) atoms. The molecule has 0 spiro atoms. The smallest absolute Gasteiger partial charge is 0.165 e. The third kappa shape index (κ3) is 4.83. The molecule has 0 unspecified atom stereocenters. The zero-order valence-electron chi connectivity index (χ0n) is 20.5. The van der Waals surface area contributed by atoms with Gasteiger partial charge in [0.2, 0.25) is 0 Å². The molecule has 3 N–H and O–H groups in total. The van der Waals surface area contributed by atoms with Crippen LogP contribution in [-0.4, -0.2) is 50.6 Å². The summed E-state index contributed by atoms with van der Waals surface area (Å²) in [6.07, 6.45) is 5.93. The second-order valence-electron chi connectivity index (χ2n) is 9.00. The lowest BCUT2D eigenvalue weighted by Gasteiger charge is -2.27. The normalized spacial score (nSPS) is 15.1. The monoisotopic (exact) mass is 467 g/mol. The molecule has 0 atom stereocenters. The van der Waals surface area contributed by atoms with E-state index < -0.39 is 0 Å². The Morgan fingerprint density at radius 3 is 2.57 bits per heavy atom. The number of rotatable bonds is 7. The van der Waals surface area contributed by atoms with E-state index in [1.54, 1.807) is 6.20 Å². The van der Waals surface area contributed by atoms with Crippen LogP contribution in [0.5, 0.6) is 0 Å². The molecule has 0 radical (unpaired) electrons. The molecule has 3 aromatic heterocycles. The van der Waals surface area contributed by atoms with E-state index >= 15 is 0 Å². The molecule has 0 aliphatic carbocycles. The molecule has 5 rings (SSSR count). The van der Waals surface area contributed by atoms with E-state index in [9.17, 15) is 0 Å². The number of pyridine rings is 2. The molecule has 1 saturated heterocycles. The van der Waals surface area contributed by atoms with Gasteiger partial charge in [0.05, 0.1) is 11.3 Å². The Morgan fingerprint density at radius 2 is 1.86 bits per heavy atom. The van der Waals surface area contributed by atoms with Gasteiger partial charge < -0.3 is 11.1 Å². The topological polar surface area (TPSA) is 84.9 Å². The number of nitrogens with one attached hydrogen (secondary N) is 1. The van der Waals surface area contributed by atoms with Crippen molar-refractivity contribution in [2.24, 2.45) is 0 Å². The first-order valence-corrected chi connectivity index (χ1v) is 12.5. The van der Waals surface area contributed by atoms with Crippen LogP contribution in [0.4, 0.5) is 5.82 Å². The SMILES string of the molecule is C/C=C(\CCC)c1ccc2nc(-c3cccnc3N)n(-c3ccc(CN4CCNCC4)cc3)c2n1. The maximum absolute atomic E-state index is 6.28. The number of nitrogen functional groups attached to an aromatic ring is 1. The first-order valence-electron chi connectivity index (χ1n) is 12.5. The summed E-state index contributed by atoms with van der Waals surface area (Å²) in [5, 5.41) is 3.42. The molecular formula is C28H33N7. The van der Waals surface area contributed by atoms with E-state index in [2.05, 4.69) is 76.1 Å². The van der Waals surface area contributed by atoms with Gasteiger partial charge in [-0.15, -0.1) is 0 Å². The van der Waals surface area contributed by atoms with E-state index in [1.807, 2.05) is 12.1 Å². The summed E-state index contributed by atoms with van der Waals surface area (Å²) in [5.41, 5.74) is 13.3. The molecule has 1 aliphatic heterocycles. The minimum absolute atomic E-state index is 0.458. The third-order valence-electron chi connectivity index (χ3n) is 6.59. The van der Waals surface area contributed by atoms with Gasteiger partial charge in [0.1, 0.15) is 11.3 Å². The average molecular weight is 468 g/mol. The predicted molar refractivity (Wildman–Crippen MR) is 143 cm³/mol. The van der Waals surface area contributed by atoms with Crippen LogP contribution in [-0.2, 0) is 6.54 Å². The van der Waals surface area contributed by atoms with E-state index in [4.69, 9.17) is 15.7 Å². The van der Waals surface area contributed by atoms with Gasteiger partial charge in [-0.05, 0) is 60.9 Å². The molecular weight excluding hydrogens is 434 g/mol. The zero-order valence-corrected chi connectivity index (χ0v) is 20.5. The van der Waals surface area contributed by atoms with Gasteiger partial charge in [-0.1, -0.05) is 31.6 Å². The second-order valence-corrected chi connectivity index (χ2v) is 9.00. The second kappa shape index (κ2) is 10.4. The van der Waals surface area contributed by atoms with E-state index in [1.165, 1.54) is 11.1 Å². The highest BCUT2D eigenvalue weighted by atomic mass is 15.2. The highest BCUT2D eigenvalue weighted by molar-refractivity contribution is 5.84. The Morgan fingerprint density at radius 1 is 1.06 bits per heavy atom. The number of nitrogens with zero attached hydrogens (tertiary/aromatic N) is 5. The molecule has 7 nitrogen and oxygen atoms in total. The number of piperazine rings is 1. The molecule has 0 saturated carbocycles. The van der Waals surface area contributed by atoms with Crippen molar-refractivity contribution in [1.29, 1.82) is 0 Å². The highest BCUT2D eigenvalue weighted by Gasteiger charge is 2.19. The third-order valence-corrected chi connectivity index (χ3v) is 6.59. The lowest BCUT2D eigenvalue weighted by Crippen LogP contribution is -2.42. The average Bonchev–Trinajstić information content (AvgIpc) is 3.27. The molecule has 1 aliphatic rings. The summed E-state index contributed by atoms with van der Waals surface area (Å²) >= 11 is 0. The van der Waals surface area contributed by atoms with Crippen LogP contribution in [0.1, 0.15) is 37.9 Å². The van der Waals surface area contributed by atoms with Gasteiger partial charge in [-0.25, -0.2) is 15.0 Å². The zero-order chi connectivity index (χ0) is 24.2. The Balaban J connectivity index is 1.61. The summed E-state index contributed by atoms with van der Waals surface area (Å²) in [6, 6.07) is 16.7. The van der Waals surface area contributed by atoms with Crippen LogP contribution < -0.4 is 11.1 Å². The fraction of sp³-hybridized carbons (Fsp3) is 0.321. The number of hydrogen-bond donors (Lipinski definition) is 2. The Bertz CT molecular complexity index is 1330. The number of hydrogen-bond acceptors (Lipinski definition) is 6. The molecule has 4 aromatic rings. The molecule has 1 aromatic carbocycles. The van der Waals surface area contributed by atoms with Crippen molar-refractivity contribution in [2.75, 3.05) is 31.9 Å². The van der Waals surface area contributed by atoms with Crippen molar-refractivity contribution < 1.29 is 0 Å². The lowest BCUT2D eigenvalue weighted by molar-refractivity contribution is 0.233. The largest absolute Gasteiger partial charge is 0.383 e. The fourth-order valence-corrected chi connectivity index (χ4v) is 4.74. The first kappa shape index (κ1) is 23.2. The molecule has 0 amide bonds. The van der Waals surface area contributed by atoms with Crippen LogP contribution in [0.15, 0.2) is 60.8 Å². The standard InChI is InChI=1S/C28H33N7/c1-3-6-21(4-2)24-12-13-25-28(32-24)35(27(33-25)23-7-5-14-31-26(23)29)22-10-8-20(9-11-22)19-34-17-15-30-16-18-34/h4-5,7-14,30H,3,6,15-19H2,1-2H3,(H2,29,31)/b21-4+. The van der Waals surface area contributed by atoms with Crippen LogP contribution in [0.25, 0.3) is 33.8 Å². The number of aromatic nitrogens is 4. The molecule has 4 heterocycles. The van der Waals surface area contributed by atoms with Gasteiger partial charge in [0, 0.05) is 44.6 Å². The van der Waals surface area contributed by atoms with Crippen LogP contribution >= 0.6 is 0 Å². The summed E-state index contributed by atoms with van der Waals surface area (Å²) in [4.78, 5) is 16.8. The van der Waals surface area contributed by atoms with Crippen molar-refractivity contribution in [1.82, 2.24) is 29.7 Å². The fourth-order valence-electron chi connectivity index (χ4n) is 4.74. The minimum Gasteiger partial charge on any atom is -0.383 e. The van der Waals surface area contributed by atoms with Gasteiger partial charge >= 0.3 is 0 Å². The number of benzene rings is 1. The van der Waals surface area contributed by atoms with Crippen molar-refractivity contribution >= 4 is 22.6 Å². The van der Waals surface area contributed by atoms with Crippen molar-refractivity contribution in [3.63, 3.8) is 0 Å². The minimum atomic E-state index is 0.458. The Hall–Kier alpha value is -3.55. The van der Waals surface area contributed by atoms with E-state index in [0.717, 1.165) is 79.5 Å². The summed E-state index contributed by atoms with van der Waals surface area (Å²) in [6.45, 7) is 9.49. The Labute approximate surface area is 206 Å². The van der Waals surface area contributed by atoms with Gasteiger partial charge in [0.25, 0.3) is 0 Å². The molecule has 7 heteroatoms. The van der Waals surface area contributed by atoms with Crippen molar-refractivity contribution in [3.05, 3.63) is 72.1 Å². The Kier molecular flexibility index (Phi) is 6.88. The quantitative estimate of drug-likeness (QED) is 0.411. The summed E-state index contributed by atoms with van der Waals surface area (Å²) in [5.74, 6) is 1.21. The molecule has 0 bridgehead atoms. The summed E-state index contributed by atoms with van der Waals surface area (Å²) in [7, 11) is 0. The van der Waals surface area contributed by atoms with Crippen molar-refractivity contribution in [2.45, 2.75) is 33.2 Å². The van der Waals surface area contributed by atoms with Gasteiger partial charge in [-0.2, -0.15) is 0 Å². The lowest BCUT2D eigenvalue weighted by atomic mass is 10.1. The maximum atomic E-state index is 6.28. The van der Waals surface area contributed by atoms with E-state index in [0.29, 0.717) is 5.82 Å².